The Labute approximate surface area is 139 Å². The summed E-state index contributed by atoms with van der Waals surface area (Å²) in [5.41, 5.74) is 8.13. The van der Waals surface area contributed by atoms with Crippen LogP contribution in [0, 0.1) is 5.41 Å². The molecule has 2 nitrogen and oxygen atoms in total. The molecule has 2 N–H and O–H groups in total. The van der Waals surface area contributed by atoms with Crippen molar-refractivity contribution in [3.8, 4) is 0 Å². The minimum atomic E-state index is -0.794. The van der Waals surface area contributed by atoms with Gasteiger partial charge in [0.1, 0.15) is 5.41 Å². The zero-order valence-corrected chi connectivity index (χ0v) is 13.0. The van der Waals surface area contributed by atoms with Crippen LogP contribution in [0.2, 0.25) is 0 Å². The minimum Gasteiger partial charge on any atom is -0.368 e. The smallest absolute Gasteiger partial charge is 0.235 e. The van der Waals surface area contributed by atoms with Crippen LogP contribution in [0.4, 0.5) is 0 Å². The van der Waals surface area contributed by atoms with E-state index in [9.17, 15) is 4.79 Å². The van der Waals surface area contributed by atoms with Crippen molar-refractivity contribution in [1.82, 2.24) is 0 Å². The van der Waals surface area contributed by atoms with Gasteiger partial charge in [0.25, 0.3) is 0 Å². The number of primary amides is 1. The lowest BCUT2D eigenvalue weighted by Gasteiger charge is -2.29. The SMILES string of the molecule is NC(=O)C12C=CC=C1c1ccc3c(ccc4ccccc43)c1C=C2. The van der Waals surface area contributed by atoms with Gasteiger partial charge in [-0.15, -0.1) is 0 Å². The number of allylic oxidation sites excluding steroid dienone is 2. The second kappa shape index (κ2) is 4.45. The normalized spacial score (nSPS) is 20.9. The number of hydrogen-bond acceptors (Lipinski definition) is 1. The number of rotatable bonds is 1. The molecule has 2 heteroatoms. The van der Waals surface area contributed by atoms with Gasteiger partial charge in [-0.3, -0.25) is 4.79 Å². The van der Waals surface area contributed by atoms with Crippen LogP contribution in [0.3, 0.4) is 0 Å². The Bertz CT molecular complexity index is 1130. The van der Waals surface area contributed by atoms with Gasteiger partial charge in [-0.1, -0.05) is 78.9 Å². The van der Waals surface area contributed by atoms with E-state index in [1.54, 1.807) is 0 Å². The van der Waals surface area contributed by atoms with E-state index in [1.165, 1.54) is 21.5 Å². The predicted molar refractivity (Wildman–Crippen MR) is 99.2 cm³/mol. The number of carbonyl (C=O) groups excluding carboxylic acids is 1. The molecule has 0 heterocycles. The summed E-state index contributed by atoms with van der Waals surface area (Å²) in [6.07, 6.45) is 9.78. The van der Waals surface area contributed by atoms with Crippen LogP contribution in [0.5, 0.6) is 0 Å². The fraction of sp³-hybridized carbons (Fsp3) is 0.0455. The van der Waals surface area contributed by atoms with E-state index in [2.05, 4.69) is 48.5 Å². The van der Waals surface area contributed by atoms with Crippen molar-refractivity contribution in [2.75, 3.05) is 0 Å². The van der Waals surface area contributed by atoms with Gasteiger partial charge < -0.3 is 5.73 Å². The highest BCUT2D eigenvalue weighted by atomic mass is 16.1. The summed E-state index contributed by atoms with van der Waals surface area (Å²) in [7, 11) is 0. The molecule has 3 aromatic carbocycles. The molecule has 0 bridgehead atoms. The quantitative estimate of drug-likeness (QED) is 0.663. The number of amides is 1. The third-order valence-corrected chi connectivity index (χ3v) is 5.25. The molecule has 3 aromatic rings. The summed E-state index contributed by atoms with van der Waals surface area (Å²) >= 11 is 0. The molecule has 1 amide bonds. The first kappa shape index (κ1) is 13.3. The molecule has 24 heavy (non-hydrogen) atoms. The van der Waals surface area contributed by atoms with Gasteiger partial charge in [-0.25, -0.2) is 0 Å². The van der Waals surface area contributed by atoms with Gasteiger partial charge in [0.05, 0.1) is 0 Å². The average Bonchev–Trinajstić information content (AvgIpc) is 3.07. The van der Waals surface area contributed by atoms with Crippen molar-refractivity contribution in [3.05, 3.63) is 84.0 Å². The number of nitrogens with two attached hydrogens (primary N) is 1. The molecule has 0 saturated carbocycles. The molecule has 114 valence electrons. The number of fused-ring (bicyclic) bond motifs is 7. The van der Waals surface area contributed by atoms with Crippen LogP contribution in [0.15, 0.2) is 72.8 Å². The highest BCUT2D eigenvalue weighted by molar-refractivity contribution is 6.14. The van der Waals surface area contributed by atoms with Crippen molar-refractivity contribution in [2.45, 2.75) is 0 Å². The molecule has 0 aromatic heterocycles. The molecule has 2 aliphatic rings. The Morgan fingerprint density at radius 2 is 1.71 bits per heavy atom. The van der Waals surface area contributed by atoms with E-state index in [-0.39, 0.29) is 5.91 Å². The predicted octanol–water partition coefficient (Wildman–Crippen LogP) is 4.44. The van der Waals surface area contributed by atoms with Crippen LogP contribution in [-0.2, 0) is 4.79 Å². The maximum Gasteiger partial charge on any atom is 0.235 e. The fourth-order valence-corrected chi connectivity index (χ4v) is 4.02. The van der Waals surface area contributed by atoms with Crippen molar-refractivity contribution in [2.24, 2.45) is 11.1 Å². The molecule has 2 aliphatic carbocycles. The van der Waals surface area contributed by atoms with Gasteiger partial charge >= 0.3 is 0 Å². The topological polar surface area (TPSA) is 43.1 Å². The Balaban J connectivity index is 1.86. The van der Waals surface area contributed by atoms with Crippen LogP contribution in [-0.4, -0.2) is 5.91 Å². The summed E-state index contributed by atoms with van der Waals surface area (Å²) in [4.78, 5) is 12.1. The van der Waals surface area contributed by atoms with Crippen LogP contribution < -0.4 is 5.73 Å². The van der Waals surface area contributed by atoms with Crippen LogP contribution in [0.25, 0.3) is 33.2 Å². The van der Waals surface area contributed by atoms with Gasteiger partial charge in [-0.2, -0.15) is 0 Å². The summed E-state index contributed by atoms with van der Waals surface area (Å²) in [6.45, 7) is 0. The van der Waals surface area contributed by atoms with Crippen LogP contribution in [0.1, 0.15) is 11.1 Å². The van der Waals surface area contributed by atoms with Crippen molar-refractivity contribution >= 4 is 39.1 Å². The first-order valence-corrected chi connectivity index (χ1v) is 8.05. The fourth-order valence-electron chi connectivity index (χ4n) is 4.02. The van der Waals surface area contributed by atoms with Crippen molar-refractivity contribution in [3.63, 3.8) is 0 Å². The van der Waals surface area contributed by atoms with Gasteiger partial charge in [0.15, 0.2) is 0 Å². The minimum absolute atomic E-state index is 0.331. The zero-order chi connectivity index (χ0) is 16.3. The third kappa shape index (κ3) is 1.52. The first-order chi connectivity index (χ1) is 11.7. The Morgan fingerprint density at radius 3 is 2.58 bits per heavy atom. The van der Waals surface area contributed by atoms with E-state index in [1.807, 2.05) is 30.4 Å². The number of carbonyl (C=O) groups is 1. The summed E-state index contributed by atoms with van der Waals surface area (Å²) in [6, 6.07) is 17.0. The second-order valence-corrected chi connectivity index (χ2v) is 6.41. The monoisotopic (exact) mass is 309 g/mol. The van der Waals surface area contributed by atoms with E-state index in [0.29, 0.717) is 0 Å². The van der Waals surface area contributed by atoms with E-state index < -0.39 is 5.41 Å². The zero-order valence-electron chi connectivity index (χ0n) is 13.0. The van der Waals surface area contributed by atoms with Crippen molar-refractivity contribution < 1.29 is 4.79 Å². The van der Waals surface area contributed by atoms with Crippen LogP contribution >= 0.6 is 0 Å². The standard InChI is InChI=1S/C22H15NO/c23-21(24)22-12-3-6-20(22)19-10-9-16-15-5-2-1-4-14(15)7-8-17(16)18(19)11-13-22/h1-13H,(H2,23,24). The van der Waals surface area contributed by atoms with Gasteiger partial charge in [0.2, 0.25) is 5.91 Å². The average molecular weight is 309 g/mol. The number of hydrogen-bond donors (Lipinski definition) is 1. The van der Waals surface area contributed by atoms with E-state index >= 15 is 0 Å². The van der Waals surface area contributed by atoms with E-state index in [0.717, 1.165) is 16.7 Å². The number of benzene rings is 3. The van der Waals surface area contributed by atoms with Crippen molar-refractivity contribution in [1.29, 1.82) is 0 Å². The maximum atomic E-state index is 12.1. The Kier molecular flexibility index (Phi) is 2.47. The van der Waals surface area contributed by atoms with Gasteiger partial charge in [-0.05, 0) is 38.2 Å². The van der Waals surface area contributed by atoms with E-state index in [4.69, 9.17) is 5.73 Å². The molecule has 0 aliphatic heterocycles. The molecule has 0 fully saturated rings. The third-order valence-electron chi connectivity index (χ3n) is 5.25. The summed E-state index contributed by atoms with van der Waals surface area (Å²) in [5, 5.41) is 4.91. The summed E-state index contributed by atoms with van der Waals surface area (Å²) < 4.78 is 0. The molecule has 0 radical (unpaired) electrons. The molecular weight excluding hydrogens is 294 g/mol. The lowest BCUT2D eigenvalue weighted by molar-refractivity contribution is -0.121. The molecule has 1 atom stereocenters. The summed E-state index contributed by atoms with van der Waals surface area (Å²) in [5.74, 6) is -0.331. The first-order valence-electron chi connectivity index (χ1n) is 8.05. The largest absolute Gasteiger partial charge is 0.368 e. The lowest BCUT2D eigenvalue weighted by Crippen LogP contribution is -2.35. The molecule has 5 rings (SSSR count). The molecule has 1 unspecified atom stereocenters. The Morgan fingerprint density at radius 1 is 0.875 bits per heavy atom. The second-order valence-electron chi connectivity index (χ2n) is 6.41. The maximum absolute atomic E-state index is 12.1. The highest BCUT2D eigenvalue weighted by Gasteiger charge is 2.41. The molecule has 0 saturated heterocycles. The lowest BCUT2D eigenvalue weighted by atomic mass is 9.72. The molecule has 0 spiro atoms. The molecular formula is C22H15NO. The van der Waals surface area contributed by atoms with Gasteiger partial charge in [0, 0.05) is 0 Å². The highest BCUT2D eigenvalue weighted by Crippen LogP contribution is 2.48. The Hall–Kier alpha value is -3.13.